The Hall–Kier alpha value is -1.92. The number of amidine groups is 1. The van der Waals surface area contributed by atoms with E-state index in [1.807, 2.05) is 61.5 Å². The highest BCUT2D eigenvalue weighted by atomic mass is 79.9. The molecule has 25 heavy (non-hydrogen) atoms. The molecule has 1 amide bonds. The lowest BCUT2D eigenvalue weighted by molar-refractivity contribution is -0.126. The number of amides is 1. The maximum absolute atomic E-state index is 12.6. The van der Waals surface area contributed by atoms with Gasteiger partial charge in [-0.2, -0.15) is 5.10 Å². The van der Waals surface area contributed by atoms with Gasteiger partial charge in [0, 0.05) is 4.47 Å². The molecule has 0 saturated carbocycles. The van der Waals surface area contributed by atoms with E-state index in [0.29, 0.717) is 11.7 Å². The molecule has 0 aromatic heterocycles. The smallest absolute Gasteiger partial charge is 0.242 e. The molecule has 2 aromatic carbocycles. The van der Waals surface area contributed by atoms with Crippen molar-refractivity contribution in [1.29, 1.82) is 0 Å². The fourth-order valence-corrected chi connectivity index (χ4v) is 3.74. The van der Waals surface area contributed by atoms with E-state index in [-0.39, 0.29) is 11.2 Å². The van der Waals surface area contributed by atoms with Gasteiger partial charge in [0.2, 0.25) is 5.91 Å². The van der Waals surface area contributed by atoms with Gasteiger partial charge < -0.3 is 0 Å². The summed E-state index contributed by atoms with van der Waals surface area (Å²) in [5.74, 6) is 0.106. The predicted molar refractivity (Wildman–Crippen MR) is 108 cm³/mol. The van der Waals surface area contributed by atoms with Crippen LogP contribution in [0.5, 0.6) is 0 Å². The van der Waals surface area contributed by atoms with E-state index in [0.717, 1.165) is 22.0 Å². The Balaban J connectivity index is 1.78. The first-order chi connectivity index (χ1) is 12.2. The van der Waals surface area contributed by atoms with E-state index >= 15 is 0 Å². The van der Waals surface area contributed by atoms with Crippen LogP contribution in [0.15, 0.2) is 69.3 Å². The van der Waals surface area contributed by atoms with Crippen molar-refractivity contribution >= 4 is 45.0 Å². The minimum Gasteiger partial charge on any atom is -0.284 e. The third kappa shape index (κ3) is 4.58. The van der Waals surface area contributed by atoms with Crippen molar-refractivity contribution in [2.75, 3.05) is 0 Å². The Morgan fingerprint density at radius 2 is 1.88 bits per heavy atom. The van der Waals surface area contributed by atoms with E-state index in [2.05, 4.69) is 26.1 Å². The number of nitrogens with zero attached hydrogens (tertiary/aromatic N) is 3. The van der Waals surface area contributed by atoms with Gasteiger partial charge in [-0.25, -0.2) is 0 Å². The highest BCUT2D eigenvalue weighted by molar-refractivity contribution is 9.10. The van der Waals surface area contributed by atoms with E-state index in [9.17, 15) is 4.79 Å². The van der Waals surface area contributed by atoms with E-state index in [1.165, 1.54) is 11.8 Å². The molecule has 2 aromatic rings. The molecule has 0 spiro atoms. The Bertz CT molecular complexity index is 790. The quantitative estimate of drug-likeness (QED) is 0.524. The number of rotatable bonds is 5. The van der Waals surface area contributed by atoms with Crippen LogP contribution in [-0.4, -0.2) is 27.4 Å². The van der Waals surface area contributed by atoms with Gasteiger partial charge in [0.25, 0.3) is 0 Å². The first kappa shape index (κ1) is 17.9. The normalized spacial score (nSPS) is 19.3. The summed E-state index contributed by atoms with van der Waals surface area (Å²) in [5, 5.41) is 9.07. The summed E-state index contributed by atoms with van der Waals surface area (Å²) < 4.78 is 1.02. The lowest BCUT2D eigenvalue weighted by atomic mass is 10.2. The number of carbonyl (C=O) groups excluding carboxylic acids is 1. The summed E-state index contributed by atoms with van der Waals surface area (Å²) in [7, 11) is 0. The third-order valence-corrected chi connectivity index (χ3v) is 5.66. The number of benzene rings is 2. The van der Waals surface area contributed by atoms with Crippen LogP contribution in [0.3, 0.4) is 0 Å². The molecule has 1 aliphatic heterocycles. The van der Waals surface area contributed by atoms with Crippen molar-refractivity contribution in [3.05, 3.63) is 70.2 Å². The van der Waals surface area contributed by atoms with Crippen molar-refractivity contribution in [3.8, 4) is 0 Å². The summed E-state index contributed by atoms with van der Waals surface area (Å²) in [6.07, 6.45) is 2.48. The monoisotopic (exact) mass is 415 g/mol. The minimum atomic E-state index is -0.0784. The summed E-state index contributed by atoms with van der Waals surface area (Å²) >= 11 is 4.90. The maximum atomic E-state index is 12.6. The molecular formula is C19H18BrN3OS. The van der Waals surface area contributed by atoms with Gasteiger partial charge >= 0.3 is 0 Å². The summed E-state index contributed by atoms with van der Waals surface area (Å²) in [6.45, 7) is 2.54. The van der Waals surface area contributed by atoms with Gasteiger partial charge in [0.1, 0.15) is 0 Å². The lowest BCUT2D eigenvalue weighted by Gasteiger charge is -2.15. The molecule has 1 fully saturated rings. The molecule has 1 aliphatic rings. The molecule has 1 saturated heterocycles. The van der Waals surface area contributed by atoms with E-state index in [4.69, 9.17) is 0 Å². The largest absolute Gasteiger partial charge is 0.284 e. The highest BCUT2D eigenvalue weighted by Crippen LogP contribution is 2.30. The second-order valence-corrected chi connectivity index (χ2v) is 7.69. The average Bonchev–Trinajstić information content (AvgIpc) is 2.93. The Morgan fingerprint density at radius 3 is 2.56 bits per heavy atom. The number of hydrogen-bond acceptors (Lipinski definition) is 4. The SMILES string of the molecule is CC[C@H]1S/C(=N/N=C\c2ccc(Br)cc2)N(Cc2ccccc2)C1=O. The zero-order valence-corrected chi connectivity index (χ0v) is 16.2. The molecule has 6 heteroatoms. The molecule has 1 heterocycles. The minimum absolute atomic E-state index is 0.0784. The van der Waals surface area contributed by atoms with Gasteiger partial charge in [0.05, 0.1) is 18.0 Å². The first-order valence-corrected chi connectivity index (χ1v) is 9.73. The molecule has 0 bridgehead atoms. The fourth-order valence-electron chi connectivity index (χ4n) is 2.45. The van der Waals surface area contributed by atoms with Gasteiger partial charge in [-0.15, -0.1) is 5.10 Å². The molecule has 3 rings (SSSR count). The number of carbonyl (C=O) groups is 1. The summed E-state index contributed by atoms with van der Waals surface area (Å²) in [5.41, 5.74) is 2.04. The van der Waals surface area contributed by atoms with Crippen LogP contribution in [0.25, 0.3) is 0 Å². The van der Waals surface area contributed by atoms with E-state index < -0.39 is 0 Å². The van der Waals surface area contributed by atoms with Crippen molar-refractivity contribution in [2.24, 2.45) is 10.2 Å². The Kier molecular flexibility index (Phi) is 6.04. The second-order valence-electron chi connectivity index (χ2n) is 5.60. The number of halogens is 1. The van der Waals surface area contributed by atoms with Crippen molar-refractivity contribution in [3.63, 3.8) is 0 Å². The Labute approximate surface area is 160 Å². The standard InChI is InChI=1S/C19H18BrN3OS/c1-2-17-18(24)23(13-15-6-4-3-5-7-15)19(25-17)22-21-12-14-8-10-16(20)11-9-14/h3-12,17H,2,13H2,1H3/b21-12-,22-19+/t17-/m1/s1. The molecule has 1 atom stereocenters. The summed E-state index contributed by atoms with van der Waals surface area (Å²) in [6, 6.07) is 17.8. The van der Waals surface area contributed by atoms with Crippen LogP contribution in [0.2, 0.25) is 0 Å². The van der Waals surface area contributed by atoms with Gasteiger partial charge in [-0.05, 0) is 29.7 Å². The van der Waals surface area contributed by atoms with Gasteiger partial charge in [-0.1, -0.05) is 77.1 Å². The average molecular weight is 416 g/mol. The summed E-state index contributed by atoms with van der Waals surface area (Å²) in [4.78, 5) is 14.3. The van der Waals surface area contributed by atoms with Crippen LogP contribution in [-0.2, 0) is 11.3 Å². The molecule has 128 valence electrons. The third-order valence-electron chi connectivity index (χ3n) is 3.79. The topological polar surface area (TPSA) is 45.0 Å². The zero-order valence-electron chi connectivity index (χ0n) is 13.8. The van der Waals surface area contributed by atoms with Crippen LogP contribution < -0.4 is 0 Å². The fraction of sp³-hybridized carbons (Fsp3) is 0.211. The van der Waals surface area contributed by atoms with Crippen molar-refractivity contribution in [2.45, 2.75) is 25.1 Å². The zero-order chi connectivity index (χ0) is 17.6. The maximum Gasteiger partial charge on any atom is 0.242 e. The molecule has 0 aliphatic carbocycles. The van der Waals surface area contributed by atoms with E-state index in [1.54, 1.807) is 11.1 Å². The lowest BCUT2D eigenvalue weighted by Crippen LogP contribution is -2.31. The number of thioether (sulfide) groups is 1. The molecular weight excluding hydrogens is 398 g/mol. The van der Waals surface area contributed by atoms with Crippen LogP contribution in [0.4, 0.5) is 0 Å². The molecule has 4 nitrogen and oxygen atoms in total. The molecule has 0 unspecified atom stereocenters. The van der Waals surface area contributed by atoms with Crippen LogP contribution in [0, 0.1) is 0 Å². The Morgan fingerprint density at radius 1 is 1.16 bits per heavy atom. The van der Waals surface area contributed by atoms with Crippen molar-refractivity contribution in [1.82, 2.24) is 4.90 Å². The molecule has 0 radical (unpaired) electrons. The molecule has 0 N–H and O–H groups in total. The highest BCUT2D eigenvalue weighted by Gasteiger charge is 2.36. The van der Waals surface area contributed by atoms with Crippen molar-refractivity contribution < 1.29 is 4.79 Å². The second kappa shape index (κ2) is 8.45. The van der Waals surface area contributed by atoms with Crippen LogP contribution in [0.1, 0.15) is 24.5 Å². The van der Waals surface area contributed by atoms with Gasteiger partial charge in [0.15, 0.2) is 5.17 Å². The number of hydrogen-bond donors (Lipinski definition) is 0. The van der Waals surface area contributed by atoms with Crippen LogP contribution >= 0.6 is 27.7 Å². The first-order valence-electron chi connectivity index (χ1n) is 8.06. The predicted octanol–water partition coefficient (Wildman–Crippen LogP) is 4.69. The van der Waals surface area contributed by atoms with Gasteiger partial charge in [-0.3, -0.25) is 9.69 Å².